The van der Waals surface area contributed by atoms with Crippen LogP contribution in [0.4, 0.5) is 29.1 Å². The molecule has 0 bridgehead atoms. The number of aryl methyl sites for hydroxylation is 1. The van der Waals surface area contributed by atoms with Crippen molar-refractivity contribution in [2.24, 2.45) is 5.41 Å². The molecule has 0 atom stereocenters. The fourth-order valence-corrected chi connectivity index (χ4v) is 4.81. The first-order chi connectivity index (χ1) is 16.7. The Morgan fingerprint density at radius 3 is 2.66 bits per heavy atom. The Morgan fingerprint density at radius 2 is 1.91 bits per heavy atom. The van der Waals surface area contributed by atoms with Crippen molar-refractivity contribution in [2.75, 3.05) is 11.4 Å². The van der Waals surface area contributed by atoms with Crippen molar-refractivity contribution in [3.05, 3.63) is 53.1 Å². The van der Waals surface area contributed by atoms with Crippen LogP contribution in [-0.4, -0.2) is 37.0 Å². The van der Waals surface area contributed by atoms with E-state index in [1.54, 1.807) is 28.6 Å². The Labute approximate surface area is 198 Å². The van der Waals surface area contributed by atoms with Gasteiger partial charge >= 0.3 is 0 Å². The summed E-state index contributed by atoms with van der Waals surface area (Å²) in [6.07, 6.45) is 5.22. The van der Waals surface area contributed by atoms with Gasteiger partial charge < -0.3 is 4.90 Å². The third-order valence-electron chi connectivity index (χ3n) is 6.97. The highest BCUT2D eigenvalue weighted by Crippen LogP contribution is 2.56. The second-order valence-corrected chi connectivity index (χ2v) is 9.23. The number of benzene rings is 1. The van der Waals surface area contributed by atoms with Crippen molar-refractivity contribution in [3.8, 4) is 11.8 Å². The molecule has 4 heterocycles. The molecule has 0 spiro atoms. The zero-order valence-electron chi connectivity index (χ0n) is 19.0. The number of aromatic nitrogens is 5. The number of nitrogens with zero attached hydrogens (tertiary/aromatic N) is 6. The smallest absolute Gasteiger partial charge is 0.261 e. The van der Waals surface area contributed by atoms with Crippen LogP contribution in [0, 0.1) is 35.8 Å². The third kappa shape index (κ3) is 3.25. The lowest BCUT2D eigenvalue weighted by Gasteiger charge is -2.31. The lowest BCUT2D eigenvalue weighted by Crippen LogP contribution is -2.27. The Hall–Kier alpha value is -3.74. The van der Waals surface area contributed by atoms with Gasteiger partial charge in [0, 0.05) is 25.2 Å². The summed E-state index contributed by atoms with van der Waals surface area (Å²) >= 11 is 0. The molecule has 35 heavy (non-hydrogen) atoms. The van der Waals surface area contributed by atoms with Gasteiger partial charge in [0.05, 0.1) is 28.2 Å². The lowest BCUT2D eigenvalue weighted by molar-refractivity contribution is -0.0294. The molecule has 0 radical (unpaired) electrons. The summed E-state index contributed by atoms with van der Waals surface area (Å²) in [6.45, 7) is 3.09. The predicted molar refractivity (Wildman–Crippen MR) is 122 cm³/mol. The molecule has 0 unspecified atom stereocenters. The number of halogens is 4. The van der Waals surface area contributed by atoms with Gasteiger partial charge in [-0.3, -0.25) is 9.38 Å². The van der Waals surface area contributed by atoms with Gasteiger partial charge in [-0.15, -0.1) is 10.2 Å². The first-order valence-electron chi connectivity index (χ1n) is 11.3. The summed E-state index contributed by atoms with van der Waals surface area (Å²) in [6, 6.07) is 2.55. The minimum absolute atomic E-state index is 0.00676. The zero-order chi connectivity index (χ0) is 24.5. The molecular formula is C25H20F4N6. The molecule has 2 aliphatic rings. The van der Waals surface area contributed by atoms with Crippen LogP contribution in [0.15, 0.2) is 24.5 Å². The van der Waals surface area contributed by atoms with Crippen LogP contribution >= 0.6 is 0 Å². The van der Waals surface area contributed by atoms with Gasteiger partial charge in [0.2, 0.25) is 0 Å². The van der Waals surface area contributed by atoms with E-state index in [-0.39, 0.29) is 17.0 Å². The Bertz CT molecular complexity index is 1570. The topological polar surface area (TPSA) is 59.2 Å². The van der Waals surface area contributed by atoms with E-state index in [0.717, 1.165) is 18.6 Å². The van der Waals surface area contributed by atoms with Gasteiger partial charge in [0.15, 0.2) is 11.6 Å². The van der Waals surface area contributed by atoms with Gasteiger partial charge in [-0.2, -0.15) is 4.98 Å². The largest absolute Gasteiger partial charge is 0.324 e. The average molecular weight is 480 g/mol. The van der Waals surface area contributed by atoms with E-state index < -0.39 is 23.0 Å². The molecule has 1 aromatic carbocycles. The molecule has 0 amide bonds. The highest BCUT2D eigenvalue weighted by Gasteiger charge is 2.58. The molecule has 0 saturated heterocycles. The second-order valence-electron chi connectivity index (χ2n) is 9.23. The summed E-state index contributed by atoms with van der Waals surface area (Å²) in [7, 11) is 0. The van der Waals surface area contributed by atoms with Crippen LogP contribution in [0.2, 0.25) is 0 Å². The van der Waals surface area contributed by atoms with Gasteiger partial charge in [0.1, 0.15) is 11.6 Å². The Balaban J connectivity index is 1.54. The summed E-state index contributed by atoms with van der Waals surface area (Å²) in [5.74, 6) is 1.80. The van der Waals surface area contributed by atoms with Crippen LogP contribution in [-0.2, 0) is 6.42 Å². The highest BCUT2D eigenvalue weighted by atomic mass is 19.3. The molecular weight excluding hydrogens is 460 g/mol. The minimum atomic E-state index is -2.88. The average Bonchev–Trinajstić information content (AvgIpc) is 3.56. The molecule has 1 fully saturated rings. The first kappa shape index (κ1) is 21.8. The van der Waals surface area contributed by atoms with Crippen molar-refractivity contribution in [2.45, 2.75) is 45.5 Å². The SMILES string of the molecule is Cc1nnc2nc(N3CCCc4c(C#CC5(C(C)(F)F)CC5)cncc43)c3c(F)c(F)ccc3n12. The van der Waals surface area contributed by atoms with Gasteiger partial charge in [0.25, 0.3) is 11.7 Å². The summed E-state index contributed by atoms with van der Waals surface area (Å²) in [5, 5.41) is 8.13. The van der Waals surface area contributed by atoms with Crippen molar-refractivity contribution >= 4 is 28.2 Å². The van der Waals surface area contributed by atoms with E-state index in [2.05, 4.69) is 32.0 Å². The molecule has 1 saturated carbocycles. The molecule has 6 nitrogen and oxygen atoms in total. The van der Waals surface area contributed by atoms with Crippen LogP contribution < -0.4 is 4.90 Å². The third-order valence-corrected chi connectivity index (χ3v) is 6.97. The van der Waals surface area contributed by atoms with E-state index in [4.69, 9.17) is 0 Å². The molecule has 10 heteroatoms. The zero-order valence-corrected chi connectivity index (χ0v) is 19.0. The molecule has 6 rings (SSSR count). The number of hydrogen-bond acceptors (Lipinski definition) is 5. The summed E-state index contributed by atoms with van der Waals surface area (Å²) in [4.78, 5) is 10.6. The van der Waals surface area contributed by atoms with Crippen LogP contribution in [0.25, 0.3) is 16.7 Å². The molecule has 0 N–H and O–H groups in total. The highest BCUT2D eigenvalue weighted by molar-refractivity contribution is 5.94. The number of alkyl halides is 2. The van der Waals surface area contributed by atoms with Crippen molar-refractivity contribution in [3.63, 3.8) is 0 Å². The summed E-state index contributed by atoms with van der Waals surface area (Å²) < 4.78 is 59.2. The van der Waals surface area contributed by atoms with Crippen molar-refractivity contribution < 1.29 is 17.6 Å². The van der Waals surface area contributed by atoms with Crippen LogP contribution in [0.3, 0.4) is 0 Å². The molecule has 3 aromatic heterocycles. The van der Waals surface area contributed by atoms with Crippen LogP contribution in [0.1, 0.15) is 43.1 Å². The fraction of sp³-hybridized carbons (Fsp3) is 0.360. The van der Waals surface area contributed by atoms with E-state index >= 15 is 4.39 Å². The normalized spacial score (nSPS) is 16.8. The lowest BCUT2D eigenvalue weighted by atomic mass is 9.96. The monoisotopic (exact) mass is 480 g/mol. The molecule has 178 valence electrons. The standard InChI is InChI=1S/C25H20F4N6/c1-14-32-33-23-31-22(20-18(35(14)23)6-5-17(26)21(20)27)34-11-3-4-16-15(12-30-13-19(16)34)7-8-25(9-10-25)24(2,28)29/h5-6,12-13H,3-4,9-11H2,1-2H3. The van der Waals surface area contributed by atoms with Crippen molar-refractivity contribution in [1.29, 1.82) is 0 Å². The number of fused-ring (bicyclic) bond motifs is 4. The molecule has 1 aliphatic heterocycles. The minimum Gasteiger partial charge on any atom is -0.324 e. The van der Waals surface area contributed by atoms with Crippen LogP contribution in [0.5, 0.6) is 0 Å². The van der Waals surface area contributed by atoms with E-state index in [0.29, 0.717) is 54.8 Å². The quantitative estimate of drug-likeness (QED) is 0.294. The number of rotatable bonds is 2. The Kier molecular flexibility index (Phi) is 4.59. The first-order valence-corrected chi connectivity index (χ1v) is 11.3. The van der Waals surface area contributed by atoms with Gasteiger partial charge in [-0.1, -0.05) is 11.8 Å². The van der Waals surface area contributed by atoms with E-state index in [1.165, 1.54) is 6.07 Å². The maximum absolute atomic E-state index is 15.2. The molecule has 4 aromatic rings. The number of pyridine rings is 1. The van der Waals surface area contributed by atoms with E-state index in [1.807, 2.05) is 0 Å². The van der Waals surface area contributed by atoms with Gasteiger partial charge in [-0.05, 0) is 50.3 Å². The maximum atomic E-state index is 15.2. The number of anilines is 2. The van der Waals surface area contributed by atoms with Crippen molar-refractivity contribution in [1.82, 2.24) is 24.6 Å². The predicted octanol–water partition coefficient (Wildman–Crippen LogP) is 5.13. The molecule has 1 aliphatic carbocycles. The number of hydrogen-bond donors (Lipinski definition) is 0. The fourth-order valence-electron chi connectivity index (χ4n) is 4.81. The Morgan fingerprint density at radius 1 is 1.11 bits per heavy atom. The second kappa shape index (κ2) is 7.38. The summed E-state index contributed by atoms with van der Waals surface area (Å²) in [5.41, 5.74) is 1.10. The van der Waals surface area contributed by atoms with E-state index in [9.17, 15) is 13.2 Å². The maximum Gasteiger partial charge on any atom is 0.261 e. The van der Waals surface area contributed by atoms with Gasteiger partial charge in [-0.25, -0.2) is 17.6 Å².